The van der Waals surface area contributed by atoms with Gasteiger partial charge in [0.05, 0.1) is 17.0 Å². The first-order valence-corrected chi connectivity index (χ1v) is 7.44. The fourth-order valence-electron chi connectivity index (χ4n) is 1.95. The monoisotopic (exact) mass is 286 g/mol. The Morgan fingerprint density at radius 3 is 2.05 bits per heavy atom. The molecule has 5 nitrogen and oxygen atoms in total. The Labute approximate surface area is 115 Å². The molecule has 1 rings (SSSR count). The largest absolute Gasteiger partial charge is 0.399 e. The Morgan fingerprint density at radius 2 is 1.68 bits per heavy atom. The number of nitrogen functional groups attached to an aromatic ring is 1. The third-order valence-corrected chi connectivity index (χ3v) is 5.72. The molecule has 0 fully saturated rings. The van der Waals surface area contributed by atoms with Crippen molar-refractivity contribution in [2.24, 2.45) is 0 Å². The maximum atomic E-state index is 12.7. The zero-order valence-electron chi connectivity index (χ0n) is 12.1. The van der Waals surface area contributed by atoms with Crippen molar-refractivity contribution in [1.82, 2.24) is 4.31 Å². The number of aryl methyl sites for hydroxylation is 2. The molecule has 0 saturated heterocycles. The lowest BCUT2D eigenvalue weighted by Gasteiger charge is -2.33. The van der Waals surface area contributed by atoms with E-state index in [0.29, 0.717) is 16.8 Å². The number of benzene rings is 1. The molecule has 0 heterocycles. The van der Waals surface area contributed by atoms with Crippen LogP contribution in [0.2, 0.25) is 0 Å². The van der Waals surface area contributed by atoms with Crippen LogP contribution >= 0.6 is 0 Å². The number of nitrogens with two attached hydrogens (primary N) is 1. The Hall–Kier alpha value is -1.11. The highest BCUT2D eigenvalue weighted by molar-refractivity contribution is 7.89. The van der Waals surface area contributed by atoms with Crippen molar-refractivity contribution in [2.75, 3.05) is 19.4 Å². The maximum Gasteiger partial charge on any atom is 0.243 e. The summed E-state index contributed by atoms with van der Waals surface area (Å²) in [7, 11) is -2.20. The lowest BCUT2D eigenvalue weighted by Crippen LogP contribution is -2.47. The van der Waals surface area contributed by atoms with Crippen molar-refractivity contribution >= 4 is 15.7 Å². The number of sulfonamides is 1. The lowest BCUT2D eigenvalue weighted by molar-refractivity contribution is 0.138. The molecule has 19 heavy (non-hydrogen) atoms. The number of aliphatic hydroxyl groups excluding tert-OH is 1. The summed E-state index contributed by atoms with van der Waals surface area (Å²) in [5.74, 6) is 0. The molecule has 0 unspecified atom stereocenters. The zero-order chi connectivity index (χ0) is 15.0. The quantitative estimate of drug-likeness (QED) is 0.817. The minimum absolute atomic E-state index is 0.254. The second kappa shape index (κ2) is 5.11. The Morgan fingerprint density at radius 1 is 1.26 bits per heavy atom. The van der Waals surface area contributed by atoms with Crippen LogP contribution in [-0.4, -0.2) is 37.0 Å². The number of anilines is 1. The molecule has 0 bridgehead atoms. The fourth-order valence-corrected chi connectivity index (χ4v) is 3.87. The minimum atomic E-state index is -3.67. The normalized spacial score (nSPS) is 13.0. The Balaban J connectivity index is 3.45. The van der Waals surface area contributed by atoms with Crippen LogP contribution in [-0.2, 0) is 10.0 Å². The van der Waals surface area contributed by atoms with E-state index in [1.165, 1.54) is 11.4 Å². The standard InChI is InChI=1S/C13H22N2O3S/c1-9-6-11(14)7-10(2)12(9)19(17,18)15(5)13(3,4)8-16/h6-7,16H,8,14H2,1-5H3. The molecule has 1 aromatic rings. The number of hydrogen-bond acceptors (Lipinski definition) is 4. The van der Waals surface area contributed by atoms with Crippen LogP contribution < -0.4 is 5.73 Å². The topological polar surface area (TPSA) is 83.6 Å². The smallest absolute Gasteiger partial charge is 0.243 e. The number of likely N-dealkylation sites (N-methyl/N-ethyl adjacent to an activating group) is 1. The van der Waals surface area contributed by atoms with Crippen molar-refractivity contribution in [2.45, 2.75) is 38.1 Å². The molecule has 1 aromatic carbocycles. The molecule has 0 aliphatic heterocycles. The van der Waals surface area contributed by atoms with Gasteiger partial charge >= 0.3 is 0 Å². The van der Waals surface area contributed by atoms with Gasteiger partial charge in [0.2, 0.25) is 10.0 Å². The molecule has 0 saturated carbocycles. The van der Waals surface area contributed by atoms with Crippen molar-refractivity contribution in [3.8, 4) is 0 Å². The highest BCUT2D eigenvalue weighted by Crippen LogP contribution is 2.29. The van der Waals surface area contributed by atoms with E-state index < -0.39 is 15.6 Å². The van der Waals surface area contributed by atoms with Gasteiger partial charge in [-0.05, 0) is 51.0 Å². The molecular weight excluding hydrogens is 264 g/mol. The van der Waals surface area contributed by atoms with Crippen LogP contribution in [0.4, 0.5) is 5.69 Å². The minimum Gasteiger partial charge on any atom is -0.399 e. The van der Waals surface area contributed by atoms with Gasteiger partial charge in [0.1, 0.15) is 0 Å². The predicted molar refractivity (Wildman–Crippen MR) is 76.4 cm³/mol. The van der Waals surface area contributed by atoms with Crippen molar-refractivity contribution in [1.29, 1.82) is 0 Å². The first-order valence-electron chi connectivity index (χ1n) is 6.00. The summed E-state index contributed by atoms with van der Waals surface area (Å²) in [4.78, 5) is 0.255. The van der Waals surface area contributed by atoms with Gasteiger partial charge in [-0.15, -0.1) is 0 Å². The number of hydrogen-bond donors (Lipinski definition) is 2. The molecule has 108 valence electrons. The second-order valence-electron chi connectivity index (χ2n) is 5.43. The summed E-state index contributed by atoms with van der Waals surface area (Å²) in [5, 5.41) is 9.33. The highest BCUT2D eigenvalue weighted by atomic mass is 32.2. The summed E-state index contributed by atoms with van der Waals surface area (Å²) in [6, 6.07) is 3.28. The number of rotatable bonds is 4. The van der Waals surface area contributed by atoms with E-state index in [4.69, 9.17) is 5.73 Å². The average Bonchev–Trinajstić information content (AvgIpc) is 2.26. The van der Waals surface area contributed by atoms with Gasteiger partial charge in [0.15, 0.2) is 0 Å². The van der Waals surface area contributed by atoms with E-state index in [2.05, 4.69) is 0 Å². The molecule has 0 amide bonds. The maximum absolute atomic E-state index is 12.7. The molecular formula is C13H22N2O3S. The molecule has 0 atom stereocenters. The summed E-state index contributed by atoms with van der Waals surface area (Å²) < 4.78 is 26.5. The second-order valence-corrected chi connectivity index (χ2v) is 7.33. The van der Waals surface area contributed by atoms with Crippen molar-refractivity contribution in [3.63, 3.8) is 0 Å². The van der Waals surface area contributed by atoms with Gasteiger partial charge in [0, 0.05) is 12.7 Å². The SMILES string of the molecule is Cc1cc(N)cc(C)c1S(=O)(=O)N(C)C(C)(C)CO. The van der Waals surface area contributed by atoms with Crippen LogP contribution in [0.5, 0.6) is 0 Å². The third-order valence-electron chi connectivity index (χ3n) is 3.34. The van der Waals surface area contributed by atoms with Crippen molar-refractivity contribution in [3.05, 3.63) is 23.3 Å². The fraction of sp³-hybridized carbons (Fsp3) is 0.538. The summed E-state index contributed by atoms with van der Waals surface area (Å²) in [6.45, 7) is 6.53. The summed E-state index contributed by atoms with van der Waals surface area (Å²) >= 11 is 0. The number of aliphatic hydroxyl groups is 1. The van der Waals surface area contributed by atoms with E-state index >= 15 is 0 Å². The van der Waals surface area contributed by atoms with Gasteiger partial charge in [0.25, 0.3) is 0 Å². The summed E-state index contributed by atoms with van der Waals surface area (Å²) in [5.41, 5.74) is 6.61. The first-order chi connectivity index (χ1) is 8.54. The van der Waals surface area contributed by atoms with E-state index in [0.717, 1.165) is 0 Å². The van der Waals surface area contributed by atoms with Gasteiger partial charge in [-0.1, -0.05) is 0 Å². The Bertz CT molecular complexity index is 557. The van der Waals surface area contributed by atoms with Crippen LogP contribution in [0.15, 0.2) is 17.0 Å². The van der Waals surface area contributed by atoms with E-state index in [9.17, 15) is 13.5 Å². The third kappa shape index (κ3) is 2.91. The molecule has 3 N–H and O–H groups in total. The van der Waals surface area contributed by atoms with Gasteiger partial charge in [-0.2, -0.15) is 4.31 Å². The van der Waals surface area contributed by atoms with Crippen LogP contribution in [0, 0.1) is 13.8 Å². The van der Waals surface area contributed by atoms with Crippen LogP contribution in [0.1, 0.15) is 25.0 Å². The molecule has 6 heteroatoms. The highest BCUT2D eigenvalue weighted by Gasteiger charge is 2.35. The van der Waals surface area contributed by atoms with Crippen LogP contribution in [0.25, 0.3) is 0 Å². The summed E-state index contributed by atoms with van der Waals surface area (Å²) in [6.07, 6.45) is 0. The molecule has 0 spiro atoms. The zero-order valence-corrected chi connectivity index (χ0v) is 12.9. The average molecular weight is 286 g/mol. The lowest BCUT2D eigenvalue weighted by atomic mass is 10.1. The van der Waals surface area contributed by atoms with E-state index in [1.807, 2.05) is 0 Å². The van der Waals surface area contributed by atoms with Gasteiger partial charge in [-0.25, -0.2) is 8.42 Å². The molecule has 0 aromatic heterocycles. The Kier molecular flexibility index (Phi) is 4.29. The molecule has 0 aliphatic carbocycles. The predicted octanol–water partition coefficient (Wildman–Crippen LogP) is 1.28. The van der Waals surface area contributed by atoms with Crippen molar-refractivity contribution < 1.29 is 13.5 Å². The molecule has 0 aliphatic rings. The van der Waals surface area contributed by atoms with Crippen LogP contribution in [0.3, 0.4) is 0 Å². The van der Waals surface area contributed by atoms with Gasteiger partial charge in [-0.3, -0.25) is 0 Å². The first kappa shape index (κ1) is 15.9. The number of nitrogens with zero attached hydrogens (tertiary/aromatic N) is 1. The molecule has 0 radical (unpaired) electrons. The van der Waals surface area contributed by atoms with E-state index in [1.54, 1.807) is 39.8 Å². The van der Waals surface area contributed by atoms with E-state index in [-0.39, 0.29) is 11.5 Å². The van der Waals surface area contributed by atoms with Gasteiger partial charge < -0.3 is 10.8 Å².